The number of aromatic carboxylic acids is 1. The number of carbonyl (C=O) groups excluding carboxylic acids is 1. The van der Waals surface area contributed by atoms with Gasteiger partial charge in [-0.05, 0) is 82.4 Å². The average Bonchev–Trinajstić information content (AvgIpc) is 2.95. The highest BCUT2D eigenvalue weighted by Gasteiger charge is 2.30. The molecule has 2 aromatic rings. The SMILES string of the molecule is CN1C(=O)/C(=C/c2ccc(OCC#N)c(I)c2)SC1=Nc1ccc(C(=O)O)cc1. The third-order valence-electron chi connectivity index (χ3n) is 3.89. The zero-order valence-electron chi connectivity index (χ0n) is 15.1. The molecule has 2 aromatic carbocycles. The van der Waals surface area contributed by atoms with E-state index in [1.54, 1.807) is 31.3 Å². The lowest BCUT2D eigenvalue weighted by Crippen LogP contribution is -2.23. The number of hydrogen-bond donors (Lipinski definition) is 1. The molecular weight excluding hydrogens is 505 g/mol. The Balaban J connectivity index is 1.82. The molecule has 1 aliphatic heterocycles. The molecule has 0 aliphatic carbocycles. The summed E-state index contributed by atoms with van der Waals surface area (Å²) in [7, 11) is 1.64. The van der Waals surface area contributed by atoms with Gasteiger partial charge in [0.05, 0.1) is 19.7 Å². The number of carbonyl (C=O) groups is 2. The molecule has 1 N–H and O–H groups in total. The van der Waals surface area contributed by atoms with Crippen LogP contribution in [0, 0.1) is 14.9 Å². The number of thioether (sulfide) groups is 1. The maximum atomic E-state index is 12.6. The number of nitrogens with zero attached hydrogens (tertiary/aromatic N) is 3. The van der Waals surface area contributed by atoms with E-state index in [1.165, 1.54) is 28.8 Å². The molecular formula is C20H14IN3O4S. The fourth-order valence-electron chi connectivity index (χ4n) is 2.43. The largest absolute Gasteiger partial charge is 0.478 e. The van der Waals surface area contributed by atoms with Crippen molar-refractivity contribution in [2.24, 2.45) is 4.99 Å². The number of aliphatic imine (C=N–C) groups is 1. The number of amidine groups is 1. The van der Waals surface area contributed by atoms with E-state index in [0.29, 0.717) is 21.5 Å². The Morgan fingerprint density at radius 1 is 1.34 bits per heavy atom. The summed E-state index contributed by atoms with van der Waals surface area (Å²) in [6, 6.07) is 13.5. The normalized spacial score (nSPS) is 16.3. The van der Waals surface area contributed by atoms with Crippen molar-refractivity contribution in [2.75, 3.05) is 13.7 Å². The van der Waals surface area contributed by atoms with Gasteiger partial charge in [0.1, 0.15) is 11.8 Å². The number of likely N-dealkylation sites (N-methyl/N-ethyl adjacent to an activating group) is 1. The van der Waals surface area contributed by atoms with Crippen molar-refractivity contribution in [3.8, 4) is 11.8 Å². The minimum absolute atomic E-state index is 0.0250. The number of rotatable bonds is 5. The molecule has 1 fully saturated rings. The van der Waals surface area contributed by atoms with Crippen LogP contribution in [0.15, 0.2) is 52.4 Å². The first-order valence-corrected chi connectivity index (χ1v) is 10.2. The highest BCUT2D eigenvalue weighted by molar-refractivity contribution is 14.1. The van der Waals surface area contributed by atoms with E-state index in [9.17, 15) is 9.59 Å². The number of carboxylic acid groups (broad SMARTS) is 1. The molecule has 0 unspecified atom stereocenters. The van der Waals surface area contributed by atoms with Gasteiger partial charge in [0.25, 0.3) is 5.91 Å². The first-order chi connectivity index (χ1) is 13.9. The highest BCUT2D eigenvalue weighted by Crippen LogP contribution is 2.34. The van der Waals surface area contributed by atoms with Crippen LogP contribution in [0.1, 0.15) is 15.9 Å². The Morgan fingerprint density at radius 2 is 2.07 bits per heavy atom. The molecule has 0 radical (unpaired) electrons. The second-order valence-corrected chi connectivity index (χ2v) is 8.03. The molecule has 7 nitrogen and oxygen atoms in total. The van der Waals surface area contributed by atoms with E-state index in [1.807, 2.05) is 18.2 Å². The molecule has 29 heavy (non-hydrogen) atoms. The van der Waals surface area contributed by atoms with Gasteiger partial charge in [-0.2, -0.15) is 5.26 Å². The molecule has 1 amide bonds. The monoisotopic (exact) mass is 519 g/mol. The average molecular weight is 519 g/mol. The predicted octanol–water partition coefficient (Wildman–Crippen LogP) is 4.13. The molecule has 0 spiro atoms. The minimum Gasteiger partial charge on any atom is -0.478 e. The van der Waals surface area contributed by atoms with Crippen molar-refractivity contribution in [3.05, 3.63) is 62.1 Å². The Labute approximate surface area is 184 Å². The summed E-state index contributed by atoms with van der Waals surface area (Å²) in [6.45, 7) is -0.0250. The summed E-state index contributed by atoms with van der Waals surface area (Å²) >= 11 is 3.36. The maximum Gasteiger partial charge on any atom is 0.335 e. The van der Waals surface area contributed by atoms with Crippen LogP contribution < -0.4 is 4.74 Å². The topological polar surface area (TPSA) is 103 Å². The van der Waals surface area contributed by atoms with Crippen LogP contribution in [-0.2, 0) is 4.79 Å². The summed E-state index contributed by atoms with van der Waals surface area (Å²) < 4.78 is 6.17. The van der Waals surface area contributed by atoms with E-state index in [-0.39, 0.29) is 18.1 Å². The molecule has 0 bridgehead atoms. The Kier molecular flexibility index (Phi) is 6.56. The number of carboxylic acids is 1. The van der Waals surface area contributed by atoms with Gasteiger partial charge in [0.15, 0.2) is 11.8 Å². The number of halogens is 1. The third-order valence-corrected chi connectivity index (χ3v) is 5.79. The van der Waals surface area contributed by atoms with Crippen LogP contribution >= 0.6 is 34.4 Å². The van der Waals surface area contributed by atoms with Gasteiger partial charge in [-0.15, -0.1) is 0 Å². The maximum absolute atomic E-state index is 12.6. The van der Waals surface area contributed by atoms with Gasteiger partial charge in [0, 0.05) is 7.05 Å². The first-order valence-electron chi connectivity index (χ1n) is 8.28. The number of nitriles is 1. The molecule has 0 saturated carbocycles. The van der Waals surface area contributed by atoms with Crippen molar-refractivity contribution in [3.63, 3.8) is 0 Å². The van der Waals surface area contributed by atoms with E-state index in [2.05, 4.69) is 27.6 Å². The predicted molar refractivity (Wildman–Crippen MR) is 119 cm³/mol. The molecule has 9 heteroatoms. The summed E-state index contributed by atoms with van der Waals surface area (Å²) in [6.07, 6.45) is 1.77. The van der Waals surface area contributed by atoms with Crippen molar-refractivity contribution >= 4 is 63.2 Å². The summed E-state index contributed by atoms with van der Waals surface area (Å²) in [5.74, 6) is -0.560. The zero-order chi connectivity index (χ0) is 21.0. The Bertz CT molecular complexity index is 1070. The van der Waals surface area contributed by atoms with E-state index >= 15 is 0 Å². The third kappa shape index (κ3) is 4.96. The molecule has 1 aliphatic rings. The fraction of sp³-hybridized carbons (Fsp3) is 0.100. The lowest BCUT2D eigenvalue weighted by Gasteiger charge is -2.07. The van der Waals surface area contributed by atoms with Crippen molar-refractivity contribution < 1.29 is 19.4 Å². The fourth-order valence-corrected chi connectivity index (χ4v) is 4.11. The lowest BCUT2D eigenvalue weighted by atomic mass is 10.2. The standard InChI is InChI=1S/C20H14IN3O4S/c1-24-18(25)17(11-12-2-7-16(15(21)10-12)28-9-8-22)29-20(24)23-14-5-3-13(4-6-14)19(26)27/h2-7,10-11H,9H2,1H3,(H,26,27)/b17-11-,23-20?. The molecule has 1 heterocycles. The Hall–Kier alpha value is -2.84. The first kappa shape index (κ1) is 20.9. The summed E-state index contributed by atoms with van der Waals surface area (Å²) in [5, 5.41) is 18.1. The van der Waals surface area contributed by atoms with E-state index < -0.39 is 5.97 Å². The summed E-state index contributed by atoms with van der Waals surface area (Å²) in [5.41, 5.74) is 1.57. The Morgan fingerprint density at radius 3 is 2.69 bits per heavy atom. The summed E-state index contributed by atoms with van der Waals surface area (Å²) in [4.78, 5) is 29.9. The molecule has 146 valence electrons. The van der Waals surface area contributed by atoms with Crippen LogP contribution in [0.2, 0.25) is 0 Å². The van der Waals surface area contributed by atoms with Gasteiger partial charge in [-0.3, -0.25) is 9.69 Å². The van der Waals surface area contributed by atoms with Gasteiger partial charge in [-0.25, -0.2) is 9.79 Å². The lowest BCUT2D eigenvalue weighted by molar-refractivity contribution is -0.121. The quantitative estimate of drug-likeness (QED) is 0.471. The van der Waals surface area contributed by atoms with Crippen molar-refractivity contribution in [2.45, 2.75) is 0 Å². The van der Waals surface area contributed by atoms with Crippen LogP contribution in [0.25, 0.3) is 6.08 Å². The zero-order valence-corrected chi connectivity index (χ0v) is 18.1. The van der Waals surface area contributed by atoms with E-state index in [4.69, 9.17) is 15.1 Å². The molecule has 1 saturated heterocycles. The van der Waals surface area contributed by atoms with Gasteiger partial charge < -0.3 is 9.84 Å². The minimum atomic E-state index is -1.00. The van der Waals surface area contributed by atoms with Crippen LogP contribution in [0.5, 0.6) is 5.75 Å². The smallest absolute Gasteiger partial charge is 0.335 e. The van der Waals surface area contributed by atoms with Crippen LogP contribution in [-0.4, -0.2) is 40.7 Å². The van der Waals surface area contributed by atoms with Crippen LogP contribution in [0.4, 0.5) is 5.69 Å². The van der Waals surface area contributed by atoms with Gasteiger partial charge in [-0.1, -0.05) is 6.07 Å². The number of amides is 1. The number of hydrogen-bond acceptors (Lipinski definition) is 6. The van der Waals surface area contributed by atoms with Crippen molar-refractivity contribution in [1.29, 1.82) is 5.26 Å². The van der Waals surface area contributed by atoms with Gasteiger partial charge >= 0.3 is 5.97 Å². The van der Waals surface area contributed by atoms with Crippen molar-refractivity contribution in [1.82, 2.24) is 4.90 Å². The molecule has 0 atom stereocenters. The van der Waals surface area contributed by atoms with E-state index in [0.717, 1.165) is 9.13 Å². The van der Waals surface area contributed by atoms with Gasteiger partial charge in [0.2, 0.25) is 0 Å². The number of benzene rings is 2. The highest BCUT2D eigenvalue weighted by atomic mass is 127. The van der Waals surface area contributed by atoms with Crippen LogP contribution in [0.3, 0.4) is 0 Å². The number of ether oxygens (including phenoxy) is 1. The second-order valence-electron chi connectivity index (χ2n) is 5.86. The second kappa shape index (κ2) is 9.11. The molecule has 0 aromatic heterocycles. The molecule has 3 rings (SSSR count).